The van der Waals surface area contributed by atoms with E-state index in [0.29, 0.717) is 6.04 Å². The predicted octanol–water partition coefficient (Wildman–Crippen LogP) is 4.64. The van der Waals surface area contributed by atoms with Crippen LogP contribution in [-0.2, 0) is 0 Å². The van der Waals surface area contributed by atoms with Crippen molar-refractivity contribution in [3.63, 3.8) is 0 Å². The number of nitrogens with zero attached hydrogens (tertiary/aromatic N) is 1. The summed E-state index contributed by atoms with van der Waals surface area (Å²) in [6.45, 7) is 2.02. The summed E-state index contributed by atoms with van der Waals surface area (Å²) in [6.07, 6.45) is 5.58. The average Bonchev–Trinajstić information content (AvgIpc) is 3.22. The summed E-state index contributed by atoms with van der Waals surface area (Å²) in [4.78, 5) is 1.22. The van der Waals surface area contributed by atoms with E-state index in [9.17, 15) is 5.26 Å². The van der Waals surface area contributed by atoms with E-state index < -0.39 is 0 Å². The predicted molar refractivity (Wildman–Crippen MR) is 86.2 cm³/mol. The van der Waals surface area contributed by atoms with Crippen LogP contribution in [0, 0.1) is 11.3 Å². The van der Waals surface area contributed by atoms with Gasteiger partial charge >= 0.3 is 0 Å². The highest BCUT2D eigenvalue weighted by atomic mass is 35.5. The smallest absolute Gasteiger partial charge is 0.104 e. The van der Waals surface area contributed by atoms with Crippen LogP contribution in [0.15, 0.2) is 29.2 Å². The van der Waals surface area contributed by atoms with Crippen LogP contribution in [0.4, 0.5) is 0 Å². The molecule has 20 heavy (non-hydrogen) atoms. The van der Waals surface area contributed by atoms with Crippen molar-refractivity contribution < 1.29 is 0 Å². The molecular formula is C16H21ClN2S. The SMILES string of the molecule is CC(C#N)(CCCCSc1cccc(Cl)c1)NC1CC1. The van der Waals surface area contributed by atoms with Crippen LogP contribution in [-0.4, -0.2) is 17.3 Å². The third-order valence-electron chi connectivity index (χ3n) is 3.48. The first-order chi connectivity index (χ1) is 9.61. The molecule has 0 heterocycles. The Balaban J connectivity index is 1.64. The van der Waals surface area contributed by atoms with E-state index >= 15 is 0 Å². The van der Waals surface area contributed by atoms with Gasteiger partial charge in [0.05, 0.1) is 6.07 Å². The van der Waals surface area contributed by atoms with Gasteiger partial charge in [0.25, 0.3) is 0 Å². The standard InChI is InChI=1S/C16H21ClN2S/c1-16(12-18,19-14-7-8-14)9-2-3-10-20-15-6-4-5-13(17)11-15/h4-6,11,14,19H,2-3,7-10H2,1H3. The molecule has 0 radical (unpaired) electrons. The number of benzene rings is 1. The third-order valence-corrected chi connectivity index (χ3v) is 4.80. The van der Waals surface area contributed by atoms with Gasteiger partial charge in [-0.25, -0.2) is 0 Å². The van der Waals surface area contributed by atoms with Crippen LogP contribution in [0.1, 0.15) is 39.0 Å². The van der Waals surface area contributed by atoms with Crippen LogP contribution < -0.4 is 5.32 Å². The molecule has 1 N–H and O–H groups in total. The van der Waals surface area contributed by atoms with E-state index in [0.717, 1.165) is 30.0 Å². The number of nitrogens with one attached hydrogen (secondary N) is 1. The summed E-state index contributed by atoms with van der Waals surface area (Å²) in [5, 5.41) is 13.5. The zero-order valence-corrected chi connectivity index (χ0v) is 13.4. The van der Waals surface area contributed by atoms with Crippen LogP contribution in [0.2, 0.25) is 5.02 Å². The zero-order chi connectivity index (χ0) is 14.4. The van der Waals surface area contributed by atoms with E-state index in [4.69, 9.17) is 11.6 Å². The van der Waals surface area contributed by atoms with Gasteiger partial charge in [-0.3, -0.25) is 5.32 Å². The van der Waals surface area contributed by atoms with Gasteiger partial charge in [-0.05, 0) is 63.0 Å². The maximum Gasteiger partial charge on any atom is 0.104 e. The number of unbranched alkanes of at least 4 members (excludes halogenated alkanes) is 1. The molecule has 1 aromatic rings. The number of hydrogen-bond acceptors (Lipinski definition) is 3. The van der Waals surface area contributed by atoms with E-state index in [2.05, 4.69) is 17.5 Å². The molecule has 1 saturated carbocycles. The number of thioether (sulfide) groups is 1. The molecule has 108 valence electrons. The first kappa shape index (κ1) is 15.7. The number of halogens is 1. The van der Waals surface area contributed by atoms with Gasteiger partial charge in [0.1, 0.15) is 5.54 Å². The van der Waals surface area contributed by atoms with Crippen molar-refractivity contribution in [2.75, 3.05) is 5.75 Å². The van der Waals surface area contributed by atoms with Crippen molar-refractivity contribution in [1.82, 2.24) is 5.32 Å². The molecule has 0 bridgehead atoms. The molecule has 1 atom stereocenters. The molecule has 1 unspecified atom stereocenters. The molecule has 1 aliphatic carbocycles. The lowest BCUT2D eigenvalue weighted by Crippen LogP contribution is -2.42. The second-order valence-electron chi connectivity index (χ2n) is 5.63. The minimum atomic E-state index is -0.345. The maximum atomic E-state index is 9.29. The lowest BCUT2D eigenvalue weighted by molar-refractivity contribution is 0.402. The second-order valence-corrected chi connectivity index (χ2v) is 7.23. The topological polar surface area (TPSA) is 35.8 Å². The summed E-state index contributed by atoms with van der Waals surface area (Å²) in [6, 6.07) is 11.0. The Hall–Kier alpha value is -0.690. The largest absolute Gasteiger partial charge is 0.297 e. The number of hydrogen-bond donors (Lipinski definition) is 1. The number of rotatable bonds is 8. The molecule has 2 rings (SSSR count). The molecule has 4 heteroatoms. The quantitative estimate of drug-likeness (QED) is 0.561. The Morgan fingerprint density at radius 2 is 2.25 bits per heavy atom. The van der Waals surface area contributed by atoms with Gasteiger partial charge in [0, 0.05) is 16.0 Å². The Bertz CT molecular complexity index is 482. The third kappa shape index (κ3) is 5.36. The lowest BCUT2D eigenvalue weighted by atomic mass is 9.96. The highest BCUT2D eigenvalue weighted by Gasteiger charge is 2.31. The monoisotopic (exact) mass is 308 g/mol. The van der Waals surface area contributed by atoms with Gasteiger partial charge in [-0.1, -0.05) is 17.7 Å². The van der Waals surface area contributed by atoms with E-state index in [1.807, 2.05) is 36.9 Å². The number of nitriles is 1. The molecule has 0 aliphatic heterocycles. The Kier molecular flexibility index (Phi) is 5.77. The summed E-state index contributed by atoms with van der Waals surface area (Å²) in [5.74, 6) is 1.07. The molecule has 0 saturated heterocycles. The van der Waals surface area contributed by atoms with Gasteiger partial charge in [-0.15, -0.1) is 11.8 Å². The summed E-state index contributed by atoms with van der Waals surface area (Å²) in [5.41, 5.74) is -0.345. The fourth-order valence-corrected chi connectivity index (χ4v) is 3.39. The van der Waals surface area contributed by atoms with Crippen LogP contribution in [0.3, 0.4) is 0 Å². The molecule has 1 aliphatic rings. The Morgan fingerprint density at radius 1 is 1.45 bits per heavy atom. The van der Waals surface area contributed by atoms with E-state index in [1.54, 1.807) is 0 Å². The Morgan fingerprint density at radius 3 is 2.90 bits per heavy atom. The highest BCUT2D eigenvalue weighted by molar-refractivity contribution is 7.99. The fraction of sp³-hybridized carbons (Fsp3) is 0.562. The van der Waals surface area contributed by atoms with Crippen molar-refractivity contribution in [1.29, 1.82) is 5.26 Å². The first-order valence-corrected chi connectivity index (χ1v) is 8.55. The van der Waals surface area contributed by atoms with Gasteiger partial charge in [-0.2, -0.15) is 5.26 Å². The van der Waals surface area contributed by atoms with Crippen LogP contribution in [0.5, 0.6) is 0 Å². The van der Waals surface area contributed by atoms with Crippen molar-refractivity contribution in [3.05, 3.63) is 29.3 Å². The fourth-order valence-electron chi connectivity index (χ4n) is 2.17. The normalized spacial score (nSPS) is 17.4. The van der Waals surface area contributed by atoms with Crippen molar-refractivity contribution >= 4 is 23.4 Å². The minimum Gasteiger partial charge on any atom is -0.297 e. The van der Waals surface area contributed by atoms with Crippen LogP contribution in [0.25, 0.3) is 0 Å². The average molecular weight is 309 g/mol. The van der Waals surface area contributed by atoms with Crippen molar-refractivity contribution in [3.8, 4) is 6.07 Å². The summed E-state index contributed by atoms with van der Waals surface area (Å²) >= 11 is 7.79. The summed E-state index contributed by atoms with van der Waals surface area (Å²) in [7, 11) is 0. The molecule has 1 aromatic carbocycles. The molecule has 2 nitrogen and oxygen atoms in total. The molecule has 0 aromatic heterocycles. The molecule has 0 spiro atoms. The van der Waals surface area contributed by atoms with Gasteiger partial charge in [0.2, 0.25) is 0 Å². The van der Waals surface area contributed by atoms with Crippen LogP contribution >= 0.6 is 23.4 Å². The lowest BCUT2D eigenvalue weighted by Gasteiger charge is -2.23. The van der Waals surface area contributed by atoms with Crippen molar-refractivity contribution in [2.24, 2.45) is 0 Å². The van der Waals surface area contributed by atoms with E-state index in [-0.39, 0.29) is 5.54 Å². The first-order valence-electron chi connectivity index (χ1n) is 7.19. The van der Waals surface area contributed by atoms with Gasteiger partial charge < -0.3 is 0 Å². The Labute approximate surface area is 130 Å². The molecular weight excluding hydrogens is 288 g/mol. The van der Waals surface area contributed by atoms with E-state index in [1.165, 1.54) is 17.7 Å². The second kappa shape index (κ2) is 7.36. The summed E-state index contributed by atoms with van der Waals surface area (Å²) < 4.78 is 0. The maximum absolute atomic E-state index is 9.29. The highest BCUT2D eigenvalue weighted by Crippen LogP contribution is 2.26. The molecule has 1 fully saturated rings. The molecule has 0 amide bonds. The minimum absolute atomic E-state index is 0.345. The van der Waals surface area contributed by atoms with Crippen molar-refractivity contribution in [2.45, 2.75) is 55.5 Å². The zero-order valence-electron chi connectivity index (χ0n) is 11.9. The van der Waals surface area contributed by atoms with Gasteiger partial charge in [0.15, 0.2) is 0 Å².